The Morgan fingerprint density at radius 3 is 2.25 bits per heavy atom. The maximum atomic E-state index is 5.64. The summed E-state index contributed by atoms with van der Waals surface area (Å²) in [6.45, 7) is 8.02. The van der Waals surface area contributed by atoms with Crippen molar-refractivity contribution in [3.8, 4) is 5.75 Å². The highest BCUT2D eigenvalue weighted by molar-refractivity contribution is 5.29. The lowest BCUT2D eigenvalue weighted by Crippen LogP contribution is -2.06. The molecule has 0 saturated heterocycles. The van der Waals surface area contributed by atoms with Crippen LogP contribution in [0.4, 0.5) is 0 Å². The van der Waals surface area contributed by atoms with Gasteiger partial charge in [0, 0.05) is 0 Å². The van der Waals surface area contributed by atoms with Crippen LogP contribution in [0.25, 0.3) is 0 Å². The molecule has 2 nitrogen and oxygen atoms in total. The molecule has 1 atom stereocenters. The fourth-order valence-corrected chi connectivity index (χ4v) is 1.57. The first-order valence-electron chi connectivity index (χ1n) is 6.06. The maximum Gasteiger partial charge on any atom is 0.119 e. The predicted octanol–water partition coefficient (Wildman–Crippen LogP) is 3.17. The van der Waals surface area contributed by atoms with Gasteiger partial charge in [-0.05, 0) is 42.5 Å². The van der Waals surface area contributed by atoms with E-state index in [1.807, 2.05) is 12.1 Å². The Morgan fingerprint density at radius 2 is 1.75 bits per heavy atom. The molecule has 1 rings (SSSR count). The molecule has 16 heavy (non-hydrogen) atoms. The molecular weight excluding hydrogens is 198 g/mol. The minimum atomic E-state index is 0.532. The first kappa shape index (κ1) is 13.0. The molecule has 0 heterocycles. The van der Waals surface area contributed by atoms with Crippen LogP contribution in [0.15, 0.2) is 24.3 Å². The third-order valence-corrected chi connectivity index (χ3v) is 2.63. The van der Waals surface area contributed by atoms with Gasteiger partial charge in [-0.15, -0.1) is 0 Å². The first-order chi connectivity index (χ1) is 7.63. The third-order valence-electron chi connectivity index (χ3n) is 2.63. The molecule has 1 aromatic carbocycles. The van der Waals surface area contributed by atoms with E-state index in [9.17, 15) is 0 Å². The summed E-state index contributed by atoms with van der Waals surface area (Å²) < 4.78 is 5.64. The highest BCUT2D eigenvalue weighted by atomic mass is 16.5. The molecule has 1 aromatic rings. The first-order valence-corrected chi connectivity index (χ1v) is 6.06. The molecule has 90 valence electrons. The summed E-state index contributed by atoms with van der Waals surface area (Å²) in [5.41, 5.74) is 6.89. The summed E-state index contributed by atoms with van der Waals surface area (Å²) in [4.78, 5) is 0. The number of ether oxygens (including phenoxy) is 1. The van der Waals surface area contributed by atoms with Gasteiger partial charge in [-0.25, -0.2) is 0 Å². The molecular formula is C14H23NO. The van der Waals surface area contributed by atoms with E-state index in [2.05, 4.69) is 32.9 Å². The Morgan fingerprint density at radius 1 is 1.12 bits per heavy atom. The Labute approximate surface area is 98.8 Å². The lowest BCUT2D eigenvalue weighted by molar-refractivity contribution is 0.271. The highest BCUT2D eigenvalue weighted by Gasteiger charge is 2.04. The number of benzene rings is 1. The van der Waals surface area contributed by atoms with E-state index in [-0.39, 0.29) is 0 Å². The second kappa shape index (κ2) is 6.54. The minimum absolute atomic E-state index is 0.532. The van der Waals surface area contributed by atoms with E-state index >= 15 is 0 Å². The molecule has 0 spiro atoms. The van der Waals surface area contributed by atoms with Crippen molar-refractivity contribution in [3.63, 3.8) is 0 Å². The van der Waals surface area contributed by atoms with Crippen LogP contribution in [0.3, 0.4) is 0 Å². The molecule has 1 unspecified atom stereocenters. The average Bonchev–Trinajstić information content (AvgIpc) is 2.27. The summed E-state index contributed by atoms with van der Waals surface area (Å²) in [6.07, 6.45) is 1.03. The van der Waals surface area contributed by atoms with Crippen LogP contribution < -0.4 is 10.5 Å². The minimum Gasteiger partial charge on any atom is -0.493 e. The van der Waals surface area contributed by atoms with Crippen LogP contribution >= 0.6 is 0 Å². The second-order valence-electron chi connectivity index (χ2n) is 4.75. The lowest BCUT2D eigenvalue weighted by atomic mass is 9.98. The van der Waals surface area contributed by atoms with E-state index in [0.29, 0.717) is 11.8 Å². The molecule has 0 aliphatic heterocycles. The number of nitrogens with two attached hydrogens (primary N) is 1. The molecule has 0 aromatic heterocycles. The predicted molar refractivity (Wildman–Crippen MR) is 68.9 cm³/mol. The average molecular weight is 221 g/mol. The van der Waals surface area contributed by atoms with E-state index < -0.39 is 0 Å². The van der Waals surface area contributed by atoms with Crippen LogP contribution in [0, 0.1) is 5.92 Å². The number of rotatable bonds is 6. The smallest absolute Gasteiger partial charge is 0.119 e. The van der Waals surface area contributed by atoms with E-state index in [1.165, 1.54) is 5.56 Å². The molecule has 0 fully saturated rings. The topological polar surface area (TPSA) is 35.2 Å². The van der Waals surface area contributed by atoms with Crippen molar-refractivity contribution in [2.75, 3.05) is 13.2 Å². The Bertz CT molecular complexity index is 292. The van der Waals surface area contributed by atoms with E-state index in [1.54, 1.807) is 0 Å². The van der Waals surface area contributed by atoms with Gasteiger partial charge in [-0.2, -0.15) is 0 Å². The molecule has 0 aliphatic rings. The van der Waals surface area contributed by atoms with Crippen LogP contribution in [0.5, 0.6) is 5.75 Å². The van der Waals surface area contributed by atoms with Gasteiger partial charge in [-0.1, -0.05) is 32.9 Å². The zero-order valence-corrected chi connectivity index (χ0v) is 10.6. The standard InChI is InChI=1S/C14H23NO/c1-11(2)10-16-14-6-4-13(5-7-14)12(3)8-9-15/h4-7,11-12H,8-10,15H2,1-3H3. The molecule has 2 N–H and O–H groups in total. The van der Waals surface area contributed by atoms with Gasteiger partial charge in [0.2, 0.25) is 0 Å². The second-order valence-corrected chi connectivity index (χ2v) is 4.75. The fraction of sp³-hybridized carbons (Fsp3) is 0.571. The van der Waals surface area contributed by atoms with Crippen molar-refractivity contribution in [2.45, 2.75) is 33.1 Å². The van der Waals surface area contributed by atoms with Crippen molar-refractivity contribution < 1.29 is 4.74 Å². The largest absolute Gasteiger partial charge is 0.493 e. The van der Waals surface area contributed by atoms with Gasteiger partial charge in [0.05, 0.1) is 6.61 Å². The summed E-state index contributed by atoms with van der Waals surface area (Å²) in [7, 11) is 0. The summed E-state index contributed by atoms with van der Waals surface area (Å²) in [5.74, 6) is 2.05. The molecule has 0 bridgehead atoms. The maximum absolute atomic E-state index is 5.64. The van der Waals surface area contributed by atoms with Gasteiger partial charge < -0.3 is 10.5 Å². The Balaban J connectivity index is 2.53. The van der Waals surface area contributed by atoms with Gasteiger partial charge in [-0.3, -0.25) is 0 Å². The van der Waals surface area contributed by atoms with Gasteiger partial charge in [0.1, 0.15) is 5.75 Å². The van der Waals surface area contributed by atoms with Crippen LogP contribution in [0.1, 0.15) is 38.7 Å². The molecule has 0 saturated carbocycles. The SMILES string of the molecule is CC(C)COc1ccc(C(C)CCN)cc1. The van der Waals surface area contributed by atoms with Crippen molar-refractivity contribution in [2.24, 2.45) is 11.7 Å². The van der Waals surface area contributed by atoms with Crippen molar-refractivity contribution >= 4 is 0 Å². The van der Waals surface area contributed by atoms with E-state index in [0.717, 1.165) is 25.3 Å². The van der Waals surface area contributed by atoms with Crippen LogP contribution in [-0.2, 0) is 0 Å². The summed E-state index contributed by atoms with van der Waals surface area (Å²) in [5, 5.41) is 0. The fourth-order valence-electron chi connectivity index (χ4n) is 1.57. The monoisotopic (exact) mass is 221 g/mol. The lowest BCUT2D eigenvalue weighted by Gasteiger charge is -2.12. The van der Waals surface area contributed by atoms with Crippen molar-refractivity contribution in [1.82, 2.24) is 0 Å². The molecule has 0 aliphatic carbocycles. The molecule has 0 radical (unpaired) electrons. The van der Waals surface area contributed by atoms with Gasteiger partial charge >= 0.3 is 0 Å². The van der Waals surface area contributed by atoms with Crippen molar-refractivity contribution in [3.05, 3.63) is 29.8 Å². The Kier molecular flexibility index (Phi) is 5.33. The van der Waals surface area contributed by atoms with Crippen LogP contribution in [-0.4, -0.2) is 13.2 Å². The molecule has 2 heteroatoms. The summed E-state index contributed by atoms with van der Waals surface area (Å²) in [6, 6.07) is 8.36. The normalized spacial score (nSPS) is 12.8. The van der Waals surface area contributed by atoms with Gasteiger partial charge in [0.15, 0.2) is 0 Å². The van der Waals surface area contributed by atoms with E-state index in [4.69, 9.17) is 10.5 Å². The zero-order valence-electron chi connectivity index (χ0n) is 10.6. The number of hydrogen-bond acceptors (Lipinski definition) is 2. The summed E-state index contributed by atoms with van der Waals surface area (Å²) >= 11 is 0. The third kappa shape index (κ3) is 4.23. The highest BCUT2D eigenvalue weighted by Crippen LogP contribution is 2.21. The zero-order chi connectivity index (χ0) is 12.0. The molecule has 0 amide bonds. The van der Waals surface area contributed by atoms with Crippen molar-refractivity contribution in [1.29, 1.82) is 0 Å². The van der Waals surface area contributed by atoms with Gasteiger partial charge in [0.25, 0.3) is 0 Å². The number of hydrogen-bond donors (Lipinski definition) is 1. The quantitative estimate of drug-likeness (QED) is 0.800. The van der Waals surface area contributed by atoms with Crippen LogP contribution in [0.2, 0.25) is 0 Å². The Hall–Kier alpha value is -1.02.